The van der Waals surface area contributed by atoms with E-state index in [0.29, 0.717) is 54.5 Å². The molecule has 140 valence electrons. The van der Waals surface area contributed by atoms with E-state index in [4.69, 9.17) is 10.5 Å². The fourth-order valence-corrected chi connectivity index (χ4v) is 2.87. The molecule has 3 aromatic rings. The van der Waals surface area contributed by atoms with E-state index in [1.807, 2.05) is 4.90 Å². The monoisotopic (exact) mass is 376 g/mol. The summed E-state index contributed by atoms with van der Waals surface area (Å²) in [4.78, 5) is 19.2. The molecule has 0 aliphatic carbocycles. The Morgan fingerprint density at radius 2 is 1.70 bits per heavy atom. The number of halogens is 3. The number of hydrogen-bond donors (Lipinski definition) is 1. The molecule has 7 nitrogen and oxygen atoms in total. The van der Waals surface area contributed by atoms with Crippen molar-refractivity contribution in [3.8, 4) is 11.3 Å². The van der Waals surface area contributed by atoms with Crippen LogP contribution < -0.4 is 10.6 Å². The largest absolute Gasteiger partial charge is 0.416 e. The molecule has 3 heterocycles. The van der Waals surface area contributed by atoms with Gasteiger partial charge in [0.2, 0.25) is 5.95 Å². The van der Waals surface area contributed by atoms with Crippen LogP contribution in [0.4, 0.5) is 24.9 Å². The number of nitrogens with two attached hydrogens (primary N) is 1. The van der Waals surface area contributed by atoms with Crippen LogP contribution >= 0.6 is 0 Å². The van der Waals surface area contributed by atoms with Crippen molar-refractivity contribution in [1.29, 1.82) is 0 Å². The van der Waals surface area contributed by atoms with Crippen LogP contribution in [0.25, 0.3) is 22.4 Å². The van der Waals surface area contributed by atoms with Crippen molar-refractivity contribution in [3.05, 3.63) is 36.0 Å². The molecule has 1 saturated heterocycles. The van der Waals surface area contributed by atoms with Crippen LogP contribution in [-0.2, 0) is 10.9 Å². The molecule has 1 fully saturated rings. The predicted octanol–water partition coefficient (Wildman–Crippen LogP) is 2.52. The van der Waals surface area contributed by atoms with Gasteiger partial charge in [0, 0.05) is 18.7 Å². The Morgan fingerprint density at radius 3 is 2.37 bits per heavy atom. The van der Waals surface area contributed by atoms with Gasteiger partial charge in [0.1, 0.15) is 0 Å². The molecular weight excluding hydrogens is 361 g/mol. The summed E-state index contributed by atoms with van der Waals surface area (Å²) in [6.07, 6.45) is -2.93. The lowest BCUT2D eigenvalue weighted by Gasteiger charge is -2.28. The van der Waals surface area contributed by atoms with Gasteiger partial charge in [-0.3, -0.25) is 0 Å². The maximum atomic E-state index is 12.8. The highest BCUT2D eigenvalue weighted by molar-refractivity contribution is 5.85. The van der Waals surface area contributed by atoms with Crippen molar-refractivity contribution in [2.45, 2.75) is 6.18 Å². The molecule has 0 radical (unpaired) electrons. The van der Waals surface area contributed by atoms with Crippen LogP contribution in [0, 0.1) is 0 Å². The SMILES string of the molecule is Nc1nc(N2CCOCC2)c2nc(-c3ccc(C(F)(F)F)cc3)cnc2n1. The summed E-state index contributed by atoms with van der Waals surface area (Å²) in [5.41, 5.74) is 6.79. The first kappa shape index (κ1) is 17.4. The molecular formula is C17H15F3N6O. The van der Waals surface area contributed by atoms with Gasteiger partial charge in [0.15, 0.2) is 17.0 Å². The van der Waals surface area contributed by atoms with Crippen molar-refractivity contribution in [1.82, 2.24) is 19.9 Å². The molecule has 0 atom stereocenters. The second-order valence-electron chi connectivity index (χ2n) is 6.01. The zero-order chi connectivity index (χ0) is 19.0. The lowest BCUT2D eigenvalue weighted by atomic mass is 10.1. The highest BCUT2D eigenvalue weighted by atomic mass is 19.4. The number of nitrogen functional groups attached to an aromatic ring is 1. The number of ether oxygens (including phenoxy) is 1. The van der Waals surface area contributed by atoms with Gasteiger partial charge in [0.05, 0.1) is 30.7 Å². The van der Waals surface area contributed by atoms with Gasteiger partial charge in [-0.05, 0) is 12.1 Å². The van der Waals surface area contributed by atoms with Crippen LogP contribution in [0.5, 0.6) is 0 Å². The molecule has 0 bridgehead atoms. The molecule has 27 heavy (non-hydrogen) atoms. The van der Waals surface area contributed by atoms with E-state index in [2.05, 4.69) is 19.9 Å². The predicted molar refractivity (Wildman–Crippen MR) is 93.0 cm³/mol. The molecule has 1 aromatic carbocycles. The Labute approximate surface area is 152 Å². The standard InChI is InChI=1S/C17H15F3N6O/c18-17(19,20)11-3-1-10(2-4-11)12-9-22-14-13(23-12)15(25-16(21)24-14)26-5-7-27-8-6-26/h1-4,9H,5-8H2,(H2,21,22,24,25). The second kappa shape index (κ2) is 6.62. The Hall–Kier alpha value is -3.01. The van der Waals surface area contributed by atoms with E-state index in [1.54, 1.807) is 0 Å². The maximum Gasteiger partial charge on any atom is 0.416 e. The van der Waals surface area contributed by atoms with Crippen molar-refractivity contribution in [2.24, 2.45) is 0 Å². The van der Waals surface area contributed by atoms with Crippen molar-refractivity contribution in [3.63, 3.8) is 0 Å². The number of hydrogen-bond acceptors (Lipinski definition) is 7. The molecule has 4 rings (SSSR count). The zero-order valence-corrected chi connectivity index (χ0v) is 14.1. The van der Waals surface area contributed by atoms with Crippen molar-refractivity contribution < 1.29 is 17.9 Å². The molecule has 0 unspecified atom stereocenters. The van der Waals surface area contributed by atoms with Crippen molar-refractivity contribution in [2.75, 3.05) is 36.9 Å². The molecule has 2 N–H and O–H groups in total. The number of rotatable bonds is 2. The molecule has 1 aliphatic heterocycles. The summed E-state index contributed by atoms with van der Waals surface area (Å²) >= 11 is 0. The van der Waals surface area contributed by atoms with E-state index < -0.39 is 11.7 Å². The highest BCUT2D eigenvalue weighted by Crippen LogP contribution is 2.31. The van der Waals surface area contributed by atoms with Crippen LogP contribution in [0.3, 0.4) is 0 Å². The van der Waals surface area contributed by atoms with E-state index >= 15 is 0 Å². The maximum absolute atomic E-state index is 12.8. The highest BCUT2D eigenvalue weighted by Gasteiger charge is 2.30. The average Bonchev–Trinajstić information content (AvgIpc) is 2.67. The summed E-state index contributed by atoms with van der Waals surface area (Å²) in [7, 11) is 0. The van der Waals surface area contributed by atoms with Gasteiger partial charge < -0.3 is 15.4 Å². The van der Waals surface area contributed by atoms with Crippen LogP contribution in [0.1, 0.15) is 5.56 Å². The molecule has 0 spiro atoms. The van der Waals surface area contributed by atoms with Gasteiger partial charge in [-0.1, -0.05) is 12.1 Å². The van der Waals surface area contributed by atoms with Gasteiger partial charge >= 0.3 is 6.18 Å². The first-order chi connectivity index (χ1) is 12.9. The Kier molecular flexibility index (Phi) is 4.27. The number of nitrogens with zero attached hydrogens (tertiary/aromatic N) is 5. The van der Waals surface area contributed by atoms with Gasteiger partial charge in [-0.15, -0.1) is 0 Å². The summed E-state index contributed by atoms with van der Waals surface area (Å²) in [5.74, 6) is 0.627. The van der Waals surface area contributed by atoms with Gasteiger partial charge in [-0.2, -0.15) is 23.1 Å². The van der Waals surface area contributed by atoms with E-state index in [9.17, 15) is 13.2 Å². The average molecular weight is 376 g/mol. The van der Waals surface area contributed by atoms with Crippen LogP contribution in [-0.4, -0.2) is 46.2 Å². The van der Waals surface area contributed by atoms with E-state index in [1.165, 1.54) is 18.3 Å². The Morgan fingerprint density at radius 1 is 1.00 bits per heavy atom. The number of morpholine rings is 1. The fraction of sp³-hybridized carbons (Fsp3) is 0.294. The van der Waals surface area contributed by atoms with Crippen molar-refractivity contribution >= 4 is 22.9 Å². The smallest absolute Gasteiger partial charge is 0.378 e. The minimum Gasteiger partial charge on any atom is -0.378 e. The fourth-order valence-electron chi connectivity index (χ4n) is 2.87. The molecule has 2 aromatic heterocycles. The third-order valence-electron chi connectivity index (χ3n) is 4.22. The van der Waals surface area contributed by atoms with E-state index in [-0.39, 0.29) is 5.95 Å². The number of fused-ring (bicyclic) bond motifs is 1. The number of alkyl halides is 3. The van der Waals surface area contributed by atoms with E-state index in [0.717, 1.165) is 12.1 Å². The number of aromatic nitrogens is 4. The molecule has 0 saturated carbocycles. The third-order valence-corrected chi connectivity index (χ3v) is 4.22. The topological polar surface area (TPSA) is 90.0 Å². The first-order valence-corrected chi connectivity index (χ1v) is 8.22. The molecule has 0 amide bonds. The normalized spacial score (nSPS) is 15.3. The summed E-state index contributed by atoms with van der Waals surface area (Å²) < 4.78 is 43.6. The lowest BCUT2D eigenvalue weighted by Crippen LogP contribution is -2.37. The lowest BCUT2D eigenvalue weighted by molar-refractivity contribution is -0.137. The summed E-state index contributed by atoms with van der Waals surface area (Å²) in [6.45, 7) is 2.35. The number of benzene rings is 1. The number of anilines is 2. The Bertz CT molecular complexity index is 971. The van der Waals surface area contributed by atoms with Crippen LogP contribution in [0.2, 0.25) is 0 Å². The van der Waals surface area contributed by atoms with Gasteiger partial charge in [0.25, 0.3) is 0 Å². The minimum absolute atomic E-state index is 0.0839. The summed E-state index contributed by atoms with van der Waals surface area (Å²) in [6, 6.07) is 4.77. The zero-order valence-electron chi connectivity index (χ0n) is 14.1. The van der Waals surface area contributed by atoms with Gasteiger partial charge in [-0.25, -0.2) is 9.97 Å². The molecule has 1 aliphatic rings. The third kappa shape index (κ3) is 3.47. The second-order valence-corrected chi connectivity index (χ2v) is 6.01. The first-order valence-electron chi connectivity index (χ1n) is 8.22. The summed E-state index contributed by atoms with van der Waals surface area (Å²) in [5, 5.41) is 0. The van der Waals surface area contributed by atoms with Crippen LogP contribution in [0.15, 0.2) is 30.5 Å². The Balaban J connectivity index is 1.78. The minimum atomic E-state index is -4.39. The molecule has 10 heteroatoms. The quantitative estimate of drug-likeness (QED) is 0.735.